The number of nitrogens with zero attached hydrogens (tertiary/aromatic N) is 3. The topological polar surface area (TPSA) is 95.7 Å². The Kier molecular flexibility index (Phi) is 5.42. The van der Waals surface area contributed by atoms with Crippen LogP contribution in [0.5, 0.6) is 0 Å². The molecule has 0 aliphatic carbocycles. The molecule has 1 fully saturated rings. The van der Waals surface area contributed by atoms with E-state index in [0.717, 1.165) is 28.7 Å². The van der Waals surface area contributed by atoms with Crippen LogP contribution in [0.1, 0.15) is 48.4 Å². The average molecular weight is 377 g/mol. The molecule has 0 amide bonds. The van der Waals surface area contributed by atoms with Gasteiger partial charge >= 0.3 is 5.30 Å². The summed E-state index contributed by atoms with van der Waals surface area (Å²) in [7, 11) is 0. The Morgan fingerprint density at radius 2 is 2.08 bits per heavy atom. The molecule has 140 valence electrons. The Morgan fingerprint density at radius 1 is 1.38 bits per heavy atom. The van der Waals surface area contributed by atoms with Crippen molar-refractivity contribution in [3.05, 3.63) is 22.4 Å². The molecule has 1 N–H and O–H groups in total. The van der Waals surface area contributed by atoms with Crippen LogP contribution in [0.2, 0.25) is 0 Å². The molecule has 2 aliphatic heterocycles. The highest BCUT2D eigenvalue weighted by molar-refractivity contribution is 8.13. The number of ether oxygens (including phenoxy) is 2. The Hall–Kier alpha value is -1.82. The summed E-state index contributed by atoms with van der Waals surface area (Å²) in [4.78, 5) is 18.1. The molecule has 3 heterocycles. The Bertz CT molecular complexity index is 754. The number of hydrogen-bond acceptors (Lipinski definition) is 7. The van der Waals surface area contributed by atoms with E-state index < -0.39 is 10.6 Å². The van der Waals surface area contributed by atoms with Gasteiger partial charge in [0, 0.05) is 25.1 Å². The Balaban J connectivity index is 2.15. The molecule has 0 spiro atoms. The lowest BCUT2D eigenvalue weighted by molar-refractivity contribution is -0.0402. The molecular formula is C18H23N3O4S. The van der Waals surface area contributed by atoms with E-state index in [1.54, 1.807) is 6.92 Å². The van der Waals surface area contributed by atoms with Gasteiger partial charge in [0.15, 0.2) is 0 Å². The first-order chi connectivity index (χ1) is 12.3. The van der Waals surface area contributed by atoms with Gasteiger partial charge in [0.1, 0.15) is 11.9 Å². The van der Waals surface area contributed by atoms with Crippen molar-refractivity contribution in [2.24, 2.45) is 0 Å². The smallest absolute Gasteiger partial charge is 0.365 e. The van der Waals surface area contributed by atoms with E-state index in [9.17, 15) is 10.1 Å². The lowest BCUT2D eigenvalue weighted by Crippen LogP contribution is -2.40. The van der Waals surface area contributed by atoms with Gasteiger partial charge in [0.2, 0.25) is 0 Å². The summed E-state index contributed by atoms with van der Waals surface area (Å²) in [5.74, 6) is 0.797. The molecule has 2 aliphatic rings. The first-order valence-electron chi connectivity index (χ1n) is 8.64. The third-order valence-electron chi connectivity index (χ3n) is 4.71. The summed E-state index contributed by atoms with van der Waals surface area (Å²) < 4.78 is 11.4. The van der Waals surface area contributed by atoms with E-state index in [-0.39, 0.29) is 5.60 Å². The zero-order valence-electron chi connectivity index (χ0n) is 15.2. The predicted octanol–water partition coefficient (Wildman–Crippen LogP) is 3.11. The summed E-state index contributed by atoms with van der Waals surface area (Å²) in [5, 5.41) is 17.6. The van der Waals surface area contributed by atoms with Crippen molar-refractivity contribution >= 4 is 22.9 Å². The zero-order chi connectivity index (χ0) is 18.9. The van der Waals surface area contributed by atoms with Crippen molar-refractivity contribution in [1.29, 1.82) is 5.26 Å². The maximum absolute atomic E-state index is 11.2. The van der Waals surface area contributed by atoms with Crippen LogP contribution in [0.15, 0.2) is 0 Å². The first kappa shape index (κ1) is 19.0. The maximum Gasteiger partial charge on any atom is 0.365 e. The fourth-order valence-electron chi connectivity index (χ4n) is 3.43. The third kappa shape index (κ3) is 3.80. The van der Waals surface area contributed by atoms with Crippen LogP contribution in [0.25, 0.3) is 0 Å². The van der Waals surface area contributed by atoms with Gasteiger partial charge in [-0.15, -0.1) is 0 Å². The van der Waals surface area contributed by atoms with E-state index >= 15 is 0 Å². The summed E-state index contributed by atoms with van der Waals surface area (Å²) >= 11 is 0.772. The fraction of sp³-hybridized carbons (Fsp3) is 0.611. The summed E-state index contributed by atoms with van der Waals surface area (Å²) in [6.07, 6.45) is 0.600. The SMILES string of the molecule is CC(SC(=O)O)c1nc(N2CCOCC2)c2c(c1C#N)CC(C)(C)OC2. The second-order valence-corrected chi connectivity index (χ2v) is 8.41. The van der Waals surface area contributed by atoms with Crippen molar-refractivity contribution in [2.75, 3.05) is 31.2 Å². The molecule has 3 rings (SSSR count). The van der Waals surface area contributed by atoms with E-state index in [2.05, 4.69) is 11.0 Å². The quantitative estimate of drug-likeness (QED) is 0.858. The number of carboxylic acid groups (broad SMARTS) is 1. The minimum absolute atomic E-state index is 0.372. The van der Waals surface area contributed by atoms with Crippen molar-refractivity contribution < 1.29 is 19.4 Å². The predicted molar refractivity (Wildman–Crippen MR) is 98.6 cm³/mol. The number of carbonyl (C=O) groups is 1. The molecule has 1 saturated heterocycles. The van der Waals surface area contributed by atoms with Crippen LogP contribution in [0.4, 0.5) is 10.6 Å². The van der Waals surface area contributed by atoms with Gasteiger partial charge in [-0.05, 0) is 38.1 Å². The standard InChI is InChI=1S/C18H23N3O4S/c1-11(26-17(22)23)15-13(9-19)12-8-18(2,3)25-10-14(12)16(20-15)21-4-6-24-7-5-21/h11H,4-8,10H2,1-3H3,(H,22,23). The van der Waals surface area contributed by atoms with Gasteiger partial charge in [-0.1, -0.05) is 0 Å². The highest BCUT2D eigenvalue weighted by Gasteiger charge is 2.34. The number of pyridine rings is 1. The molecule has 1 aromatic rings. The van der Waals surface area contributed by atoms with Gasteiger partial charge in [0.25, 0.3) is 0 Å². The molecule has 0 radical (unpaired) electrons. The van der Waals surface area contributed by atoms with Crippen LogP contribution in [-0.4, -0.2) is 47.3 Å². The number of morpholine rings is 1. The molecule has 0 aromatic carbocycles. The molecule has 26 heavy (non-hydrogen) atoms. The largest absolute Gasteiger partial charge is 0.473 e. The summed E-state index contributed by atoms with van der Waals surface area (Å²) in [5.41, 5.74) is 2.54. The van der Waals surface area contributed by atoms with E-state index in [4.69, 9.17) is 19.6 Å². The first-order valence-corrected chi connectivity index (χ1v) is 9.52. The lowest BCUT2D eigenvalue weighted by Gasteiger charge is -2.37. The normalized spacial score (nSPS) is 20.2. The molecule has 1 unspecified atom stereocenters. The highest BCUT2D eigenvalue weighted by Crippen LogP contribution is 2.40. The number of nitriles is 1. The Labute approximate surface area is 157 Å². The lowest BCUT2D eigenvalue weighted by atomic mass is 9.87. The molecule has 1 aromatic heterocycles. The third-order valence-corrected chi connectivity index (χ3v) is 5.49. The summed E-state index contributed by atoms with van der Waals surface area (Å²) in [6, 6.07) is 2.28. The zero-order valence-corrected chi connectivity index (χ0v) is 16.1. The summed E-state index contributed by atoms with van der Waals surface area (Å²) in [6.45, 7) is 8.86. The minimum Gasteiger partial charge on any atom is -0.473 e. The molecule has 7 nitrogen and oxygen atoms in total. The van der Waals surface area contributed by atoms with Crippen molar-refractivity contribution in [3.63, 3.8) is 0 Å². The average Bonchev–Trinajstić information content (AvgIpc) is 2.59. The van der Waals surface area contributed by atoms with Gasteiger partial charge in [-0.25, -0.2) is 9.78 Å². The van der Waals surface area contributed by atoms with Gasteiger partial charge in [-0.3, -0.25) is 0 Å². The van der Waals surface area contributed by atoms with E-state index in [1.165, 1.54) is 0 Å². The van der Waals surface area contributed by atoms with E-state index in [0.29, 0.717) is 50.6 Å². The van der Waals surface area contributed by atoms with Gasteiger partial charge in [-0.2, -0.15) is 5.26 Å². The van der Waals surface area contributed by atoms with E-state index in [1.807, 2.05) is 13.8 Å². The van der Waals surface area contributed by atoms with Crippen LogP contribution in [-0.2, 0) is 22.5 Å². The second-order valence-electron chi connectivity index (χ2n) is 7.12. The monoisotopic (exact) mass is 377 g/mol. The number of anilines is 1. The molecule has 0 saturated carbocycles. The maximum atomic E-state index is 11.2. The van der Waals surface area contributed by atoms with Crippen LogP contribution in [0.3, 0.4) is 0 Å². The van der Waals surface area contributed by atoms with Crippen molar-refractivity contribution in [1.82, 2.24) is 4.98 Å². The molecule has 1 atom stereocenters. The number of fused-ring (bicyclic) bond motifs is 1. The number of rotatable bonds is 3. The van der Waals surface area contributed by atoms with Crippen LogP contribution >= 0.6 is 11.8 Å². The van der Waals surface area contributed by atoms with Crippen LogP contribution in [0, 0.1) is 11.3 Å². The van der Waals surface area contributed by atoms with Crippen LogP contribution < -0.4 is 4.90 Å². The molecular weight excluding hydrogens is 354 g/mol. The van der Waals surface area contributed by atoms with Gasteiger partial charge < -0.3 is 19.5 Å². The number of thioether (sulfide) groups is 1. The highest BCUT2D eigenvalue weighted by atomic mass is 32.2. The van der Waals surface area contributed by atoms with Crippen molar-refractivity contribution in [2.45, 2.75) is 44.6 Å². The molecule has 8 heteroatoms. The molecule has 0 bridgehead atoms. The second kappa shape index (κ2) is 7.43. The fourth-order valence-corrected chi connectivity index (χ4v) is 4.02. The Morgan fingerprint density at radius 3 is 2.69 bits per heavy atom. The number of aromatic nitrogens is 1. The van der Waals surface area contributed by atoms with Crippen molar-refractivity contribution in [3.8, 4) is 6.07 Å². The van der Waals surface area contributed by atoms with Gasteiger partial charge in [0.05, 0.1) is 41.9 Å². The number of hydrogen-bond donors (Lipinski definition) is 1. The minimum atomic E-state index is -0.975.